The van der Waals surface area contributed by atoms with Gasteiger partial charge in [0, 0.05) is 32.1 Å². The zero-order valence-electron chi connectivity index (χ0n) is 9.18. The van der Waals surface area contributed by atoms with Gasteiger partial charge >= 0.3 is 0 Å². The van der Waals surface area contributed by atoms with Crippen LogP contribution in [0.1, 0.15) is 17.3 Å². The lowest BCUT2D eigenvalue weighted by molar-refractivity contribution is 0.672. The highest BCUT2D eigenvalue weighted by molar-refractivity contribution is 5.21. The molecule has 0 amide bonds. The Hall–Kier alpha value is -1.62. The van der Waals surface area contributed by atoms with Crippen LogP contribution in [0.4, 0.5) is 0 Å². The molecule has 2 aromatic heterocycles. The fourth-order valence-electron chi connectivity index (χ4n) is 1.66. The van der Waals surface area contributed by atoms with Crippen molar-refractivity contribution in [3.63, 3.8) is 0 Å². The molecule has 0 fully saturated rings. The molecule has 1 unspecified atom stereocenters. The Morgan fingerprint density at radius 2 is 2.13 bits per heavy atom. The minimum atomic E-state index is 0.111. The van der Waals surface area contributed by atoms with Crippen molar-refractivity contribution in [2.75, 3.05) is 7.05 Å². The van der Waals surface area contributed by atoms with Crippen molar-refractivity contribution in [3.8, 4) is 0 Å². The Labute approximate surface area is 88.7 Å². The number of hydrogen-bond acceptors (Lipinski definition) is 3. The number of rotatable bonds is 3. The number of nitrogens with zero attached hydrogens (tertiary/aromatic N) is 4. The minimum Gasteiger partial charge on any atom is -0.340 e. The molecule has 0 saturated heterocycles. The van der Waals surface area contributed by atoms with Crippen molar-refractivity contribution in [1.29, 1.82) is 0 Å². The third-order valence-corrected chi connectivity index (χ3v) is 2.37. The van der Waals surface area contributed by atoms with E-state index < -0.39 is 0 Å². The fraction of sp³-hybridized carbons (Fsp3) is 0.400. The van der Waals surface area contributed by atoms with E-state index in [-0.39, 0.29) is 6.04 Å². The first-order valence-electron chi connectivity index (χ1n) is 4.84. The molecule has 2 heterocycles. The average Bonchev–Trinajstić information content (AvgIpc) is 2.78. The monoisotopic (exact) mass is 205 g/mol. The van der Waals surface area contributed by atoms with Crippen molar-refractivity contribution in [2.24, 2.45) is 14.1 Å². The van der Waals surface area contributed by atoms with E-state index in [1.165, 1.54) is 0 Å². The molecule has 0 aliphatic heterocycles. The van der Waals surface area contributed by atoms with E-state index in [1.807, 2.05) is 44.3 Å². The first-order valence-corrected chi connectivity index (χ1v) is 4.84. The summed E-state index contributed by atoms with van der Waals surface area (Å²) < 4.78 is 3.73. The standard InChI is InChI=1S/C10H15N5/c1-11-10(8-4-13-15(3)5-8)9-6-14(2)7-12-9/h4-7,10-11H,1-3H3. The van der Waals surface area contributed by atoms with Crippen LogP contribution in [0.15, 0.2) is 24.9 Å². The normalized spacial score (nSPS) is 13.0. The first-order chi connectivity index (χ1) is 7.20. The second-order valence-electron chi connectivity index (χ2n) is 3.63. The Bertz CT molecular complexity index is 402. The fourth-order valence-corrected chi connectivity index (χ4v) is 1.66. The van der Waals surface area contributed by atoms with Gasteiger partial charge in [0.25, 0.3) is 0 Å². The van der Waals surface area contributed by atoms with E-state index in [0.29, 0.717) is 0 Å². The van der Waals surface area contributed by atoms with Crippen LogP contribution in [0, 0.1) is 0 Å². The summed E-state index contributed by atoms with van der Waals surface area (Å²) in [7, 11) is 5.80. The molecule has 1 atom stereocenters. The van der Waals surface area contributed by atoms with E-state index in [2.05, 4.69) is 15.4 Å². The minimum absolute atomic E-state index is 0.111. The molecule has 0 spiro atoms. The second kappa shape index (κ2) is 3.86. The lowest BCUT2D eigenvalue weighted by Crippen LogP contribution is -2.17. The Balaban J connectivity index is 2.32. The van der Waals surface area contributed by atoms with Gasteiger partial charge in [-0.3, -0.25) is 4.68 Å². The maximum atomic E-state index is 4.34. The molecule has 0 bridgehead atoms. The van der Waals surface area contributed by atoms with Crippen LogP contribution in [-0.4, -0.2) is 26.4 Å². The number of aryl methyl sites for hydroxylation is 2. The Morgan fingerprint density at radius 1 is 1.33 bits per heavy atom. The quantitative estimate of drug-likeness (QED) is 0.792. The van der Waals surface area contributed by atoms with E-state index >= 15 is 0 Å². The molecule has 0 aliphatic carbocycles. The summed E-state index contributed by atoms with van der Waals surface area (Å²) in [6.07, 6.45) is 7.66. The van der Waals surface area contributed by atoms with Crippen LogP contribution < -0.4 is 5.32 Å². The number of nitrogens with one attached hydrogen (secondary N) is 1. The zero-order valence-corrected chi connectivity index (χ0v) is 9.18. The van der Waals surface area contributed by atoms with Crippen molar-refractivity contribution in [2.45, 2.75) is 6.04 Å². The van der Waals surface area contributed by atoms with Gasteiger partial charge in [-0.25, -0.2) is 4.98 Å². The molecule has 2 rings (SSSR count). The van der Waals surface area contributed by atoms with Crippen LogP contribution >= 0.6 is 0 Å². The molecule has 1 N–H and O–H groups in total. The summed E-state index contributed by atoms with van der Waals surface area (Å²) >= 11 is 0. The molecule has 0 aromatic carbocycles. The molecule has 0 saturated carbocycles. The van der Waals surface area contributed by atoms with Crippen molar-refractivity contribution >= 4 is 0 Å². The van der Waals surface area contributed by atoms with Crippen molar-refractivity contribution in [3.05, 3.63) is 36.2 Å². The average molecular weight is 205 g/mol. The largest absolute Gasteiger partial charge is 0.340 e. The molecular weight excluding hydrogens is 190 g/mol. The predicted molar refractivity (Wildman–Crippen MR) is 57.3 cm³/mol. The third kappa shape index (κ3) is 1.92. The van der Waals surface area contributed by atoms with Crippen LogP contribution in [-0.2, 0) is 14.1 Å². The molecule has 5 nitrogen and oxygen atoms in total. The second-order valence-corrected chi connectivity index (χ2v) is 3.63. The first kappa shape index (κ1) is 9.92. The van der Waals surface area contributed by atoms with Gasteiger partial charge in [0.2, 0.25) is 0 Å². The summed E-state index contributed by atoms with van der Waals surface area (Å²) in [5, 5.41) is 7.39. The van der Waals surface area contributed by atoms with Gasteiger partial charge in [0.15, 0.2) is 0 Å². The summed E-state index contributed by atoms with van der Waals surface area (Å²) in [6.45, 7) is 0. The highest BCUT2D eigenvalue weighted by Gasteiger charge is 2.15. The van der Waals surface area contributed by atoms with E-state index in [4.69, 9.17) is 0 Å². The van der Waals surface area contributed by atoms with E-state index in [0.717, 1.165) is 11.3 Å². The van der Waals surface area contributed by atoms with Gasteiger partial charge in [0.1, 0.15) is 0 Å². The summed E-state index contributed by atoms with van der Waals surface area (Å²) in [5.41, 5.74) is 2.13. The Kier molecular flexibility index (Phi) is 2.55. The van der Waals surface area contributed by atoms with Gasteiger partial charge in [-0.2, -0.15) is 5.10 Å². The maximum Gasteiger partial charge on any atom is 0.0947 e. The Morgan fingerprint density at radius 3 is 2.60 bits per heavy atom. The van der Waals surface area contributed by atoms with Gasteiger partial charge in [-0.1, -0.05) is 0 Å². The number of imidazole rings is 1. The molecule has 5 heteroatoms. The van der Waals surface area contributed by atoms with Crippen molar-refractivity contribution < 1.29 is 0 Å². The van der Waals surface area contributed by atoms with Crippen LogP contribution in [0.3, 0.4) is 0 Å². The molecule has 2 aromatic rings. The van der Waals surface area contributed by atoms with Crippen LogP contribution in [0.5, 0.6) is 0 Å². The van der Waals surface area contributed by atoms with Gasteiger partial charge < -0.3 is 9.88 Å². The summed E-state index contributed by atoms with van der Waals surface area (Å²) in [4.78, 5) is 4.34. The summed E-state index contributed by atoms with van der Waals surface area (Å²) in [6, 6.07) is 0.111. The summed E-state index contributed by atoms with van der Waals surface area (Å²) in [5.74, 6) is 0. The molecule has 0 radical (unpaired) electrons. The van der Waals surface area contributed by atoms with E-state index in [1.54, 1.807) is 11.0 Å². The lowest BCUT2D eigenvalue weighted by atomic mass is 10.1. The zero-order chi connectivity index (χ0) is 10.8. The number of aromatic nitrogens is 4. The smallest absolute Gasteiger partial charge is 0.0947 e. The van der Waals surface area contributed by atoms with E-state index in [9.17, 15) is 0 Å². The van der Waals surface area contributed by atoms with Crippen molar-refractivity contribution in [1.82, 2.24) is 24.6 Å². The highest BCUT2D eigenvalue weighted by Crippen LogP contribution is 2.18. The third-order valence-electron chi connectivity index (χ3n) is 2.37. The van der Waals surface area contributed by atoms with Crippen LogP contribution in [0.2, 0.25) is 0 Å². The van der Waals surface area contributed by atoms with Gasteiger partial charge in [0.05, 0.1) is 24.3 Å². The lowest BCUT2D eigenvalue weighted by Gasteiger charge is -2.10. The van der Waals surface area contributed by atoms with Crippen LogP contribution in [0.25, 0.3) is 0 Å². The van der Waals surface area contributed by atoms with Gasteiger partial charge in [-0.05, 0) is 7.05 Å². The molecule has 0 aliphatic rings. The predicted octanol–water partition coefficient (Wildman–Crippen LogP) is 0.462. The topological polar surface area (TPSA) is 47.7 Å². The molecular formula is C10H15N5. The maximum absolute atomic E-state index is 4.34. The molecule has 80 valence electrons. The highest BCUT2D eigenvalue weighted by atomic mass is 15.2. The number of hydrogen-bond donors (Lipinski definition) is 1. The SMILES string of the molecule is CNC(c1cnn(C)c1)c1cn(C)cn1. The van der Waals surface area contributed by atoms with Gasteiger partial charge in [-0.15, -0.1) is 0 Å². The molecule has 15 heavy (non-hydrogen) atoms.